The minimum absolute atomic E-state index is 0.0628. The molecule has 98 valence electrons. The molecule has 1 rings (SSSR count). The lowest BCUT2D eigenvalue weighted by atomic mass is 9.86. The van der Waals surface area contributed by atoms with Crippen LogP contribution in [0.15, 0.2) is 4.99 Å². The topological polar surface area (TPSA) is 76.7 Å². The molecule has 0 atom stereocenters. The molecule has 1 fully saturated rings. The molecular formula is C12H23N3O2. The molecule has 17 heavy (non-hydrogen) atoms. The molecule has 5 nitrogen and oxygen atoms in total. The number of nitrogens with zero attached hydrogens (tertiary/aromatic N) is 1. The average Bonchev–Trinajstić information content (AvgIpc) is 2.13. The molecule has 5 heteroatoms. The van der Waals surface area contributed by atoms with E-state index in [2.05, 4.69) is 10.3 Å². The second kappa shape index (κ2) is 7.14. The second-order valence-corrected chi connectivity index (χ2v) is 4.74. The van der Waals surface area contributed by atoms with E-state index in [1.165, 1.54) is 19.3 Å². The quantitative estimate of drug-likeness (QED) is 0.414. The first kappa shape index (κ1) is 13.8. The number of rotatable bonds is 6. The van der Waals surface area contributed by atoms with Crippen molar-refractivity contribution in [2.24, 2.45) is 16.6 Å². The van der Waals surface area contributed by atoms with Gasteiger partial charge in [0.05, 0.1) is 12.5 Å². The predicted molar refractivity (Wildman–Crippen MR) is 67.7 cm³/mol. The Morgan fingerprint density at radius 2 is 2.24 bits per heavy atom. The summed E-state index contributed by atoms with van der Waals surface area (Å²) in [6.07, 6.45) is 4.09. The van der Waals surface area contributed by atoms with Crippen molar-refractivity contribution < 1.29 is 9.53 Å². The van der Waals surface area contributed by atoms with Crippen LogP contribution in [0.3, 0.4) is 0 Å². The zero-order chi connectivity index (χ0) is 12.7. The normalized spacial score (nSPS) is 16.8. The van der Waals surface area contributed by atoms with Crippen molar-refractivity contribution in [3.63, 3.8) is 0 Å². The van der Waals surface area contributed by atoms with Crippen LogP contribution < -0.4 is 11.1 Å². The molecule has 0 aromatic heterocycles. The van der Waals surface area contributed by atoms with E-state index in [4.69, 9.17) is 10.5 Å². The van der Waals surface area contributed by atoms with Gasteiger partial charge in [-0.1, -0.05) is 6.42 Å². The lowest BCUT2D eigenvalue weighted by Crippen LogP contribution is -2.34. The highest BCUT2D eigenvalue weighted by atomic mass is 16.5. The van der Waals surface area contributed by atoms with E-state index in [0.717, 1.165) is 6.54 Å². The smallest absolute Gasteiger partial charge is 0.307 e. The third kappa shape index (κ3) is 6.14. The van der Waals surface area contributed by atoms with Crippen LogP contribution in [0.2, 0.25) is 0 Å². The standard InChI is InChI=1S/C12H23N3O2/c1-9(2)17-11(16)6-7-14-12(13)15-8-10-4-3-5-10/h9-10H,3-8H2,1-2H3,(H3,13,14,15). The van der Waals surface area contributed by atoms with Crippen molar-refractivity contribution in [3.05, 3.63) is 0 Å². The van der Waals surface area contributed by atoms with Crippen LogP contribution in [0.1, 0.15) is 39.5 Å². The van der Waals surface area contributed by atoms with Gasteiger partial charge in [0.25, 0.3) is 0 Å². The lowest BCUT2D eigenvalue weighted by Gasteiger charge is -2.23. The van der Waals surface area contributed by atoms with Gasteiger partial charge in [0.1, 0.15) is 0 Å². The van der Waals surface area contributed by atoms with E-state index < -0.39 is 0 Å². The molecule has 0 unspecified atom stereocenters. The maximum Gasteiger partial charge on any atom is 0.307 e. The Morgan fingerprint density at radius 3 is 2.76 bits per heavy atom. The van der Waals surface area contributed by atoms with Gasteiger partial charge in [-0.3, -0.25) is 9.79 Å². The van der Waals surface area contributed by atoms with Gasteiger partial charge in [0.15, 0.2) is 5.96 Å². The largest absolute Gasteiger partial charge is 0.463 e. The van der Waals surface area contributed by atoms with E-state index in [0.29, 0.717) is 24.8 Å². The summed E-state index contributed by atoms with van der Waals surface area (Å²) in [5.74, 6) is 0.926. The van der Waals surface area contributed by atoms with Gasteiger partial charge >= 0.3 is 5.97 Å². The highest BCUT2D eigenvalue weighted by Crippen LogP contribution is 2.26. The Bertz CT molecular complexity index is 273. The first-order chi connectivity index (χ1) is 8.08. The Hall–Kier alpha value is -1.26. The summed E-state index contributed by atoms with van der Waals surface area (Å²) in [6.45, 7) is 4.94. The van der Waals surface area contributed by atoms with E-state index >= 15 is 0 Å². The number of hydrogen-bond donors (Lipinski definition) is 2. The number of carbonyl (C=O) groups is 1. The van der Waals surface area contributed by atoms with Crippen LogP contribution in [0.4, 0.5) is 0 Å². The molecular weight excluding hydrogens is 218 g/mol. The zero-order valence-corrected chi connectivity index (χ0v) is 10.7. The maximum atomic E-state index is 11.2. The fraction of sp³-hybridized carbons (Fsp3) is 0.833. The molecule has 0 heterocycles. The van der Waals surface area contributed by atoms with Crippen LogP contribution in [0, 0.1) is 5.92 Å². The number of carbonyl (C=O) groups excluding carboxylic acids is 1. The predicted octanol–water partition coefficient (Wildman–Crippen LogP) is 1.03. The van der Waals surface area contributed by atoms with Gasteiger partial charge in [0.2, 0.25) is 0 Å². The summed E-state index contributed by atoms with van der Waals surface area (Å²) in [7, 11) is 0. The van der Waals surface area contributed by atoms with Gasteiger partial charge in [-0.2, -0.15) is 0 Å². The monoisotopic (exact) mass is 241 g/mol. The Balaban J connectivity index is 2.06. The number of hydrogen-bond acceptors (Lipinski definition) is 3. The van der Waals surface area contributed by atoms with Crippen molar-refractivity contribution in [1.82, 2.24) is 5.32 Å². The van der Waals surface area contributed by atoms with Crippen LogP contribution >= 0.6 is 0 Å². The summed E-state index contributed by atoms with van der Waals surface area (Å²) in [4.78, 5) is 15.4. The van der Waals surface area contributed by atoms with E-state index in [1.54, 1.807) is 0 Å². The number of aliphatic imine (C=N–C) groups is 1. The Labute approximate surface area is 103 Å². The SMILES string of the molecule is CC(C)OC(=O)CCNC(N)=NCC1CCC1. The number of guanidine groups is 1. The third-order valence-electron chi connectivity index (χ3n) is 2.75. The number of nitrogens with two attached hydrogens (primary N) is 1. The van der Waals surface area contributed by atoms with Crippen molar-refractivity contribution in [1.29, 1.82) is 0 Å². The Morgan fingerprint density at radius 1 is 1.53 bits per heavy atom. The number of ether oxygens (including phenoxy) is 1. The summed E-state index contributed by atoms with van der Waals surface area (Å²) in [5, 5.41) is 2.92. The summed E-state index contributed by atoms with van der Waals surface area (Å²) >= 11 is 0. The van der Waals surface area contributed by atoms with Crippen molar-refractivity contribution in [3.8, 4) is 0 Å². The van der Waals surface area contributed by atoms with Gasteiger partial charge < -0.3 is 15.8 Å². The molecule has 3 N–H and O–H groups in total. The first-order valence-electron chi connectivity index (χ1n) is 6.31. The van der Waals surface area contributed by atoms with Gasteiger partial charge in [0, 0.05) is 13.1 Å². The van der Waals surface area contributed by atoms with E-state index in [9.17, 15) is 4.79 Å². The molecule has 0 bridgehead atoms. The van der Waals surface area contributed by atoms with E-state index in [-0.39, 0.29) is 12.1 Å². The summed E-state index contributed by atoms with van der Waals surface area (Å²) in [6, 6.07) is 0. The highest BCUT2D eigenvalue weighted by molar-refractivity contribution is 5.78. The van der Waals surface area contributed by atoms with Crippen LogP contribution in [0.5, 0.6) is 0 Å². The van der Waals surface area contributed by atoms with Crippen molar-refractivity contribution in [2.75, 3.05) is 13.1 Å². The first-order valence-corrected chi connectivity index (χ1v) is 6.31. The fourth-order valence-corrected chi connectivity index (χ4v) is 1.57. The number of esters is 1. The molecule has 1 aliphatic carbocycles. The molecule has 1 saturated carbocycles. The van der Waals surface area contributed by atoms with Gasteiger partial charge in [-0.15, -0.1) is 0 Å². The van der Waals surface area contributed by atoms with Crippen molar-refractivity contribution in [2.45, 2.75) is 45.6 Å². The second-order valence-electron chi connectivity index (χ2n) is 4.74. The number of nitrogens with one attached hydrogen (secondary N) is 1. The Kier molecular flexibility index (Phi) is 5.80. The summed E-state index contributed by atoms with van der Waals surface area (Å²) in [5.41, 5.74) is 5.68. The minimum Gasteiger partial charge on any atom is -0.463 e. The highest BCUT2D eigenvalue weighted by Gasteiger charge is 2.16. The average molecular weight is 241 g/mol. The molecule has 0 radical (unpaired) electrons. The molecule has 0 aromatic carbocycles. The molecule has 0 aliphatic heterocycles. The van der Waals surface area contributed by atoms with Crippen LogP contribution in [-0.4, -0.2) is 31.1 Å². The van der Waals surface area contributed by atoms with Gasteiger partial charge in [-0.25, -0.2) is 0 Å². The maximum absolute atomic E-state index is 11.2. The molecule has 0 aromatic rings. The van der Waals surface area contributed by atoms with E-state index in [1.807, 2.05) is 13.8 Å². The lowest BCUT2D eigenvalue weighted by molar-refractivity contribution is -0.147. The molecule has 0 spiro atoms. The third-order valence-corrected chi connectivity index (χ3v) is 2.75. The van der Waals surface area contributed by atoms with Gasteiger partial charge in [-0.05, 0) is 32.6 Å². The molecule has 0 saturated heterocycles. The van der Waals surface area contributed by atoms with Crippen LogP contribution in [0.25, 0.3) is 0 Å². The molecule has 0 amide bonds. The summed E-state index contributed by atoms with van der Waals surface area (Å²) < 4.78 is 5.00. The molecule has 1 aliphatic rings. The van der Waals surface area contributed by atoms with Crippen LogP contribution in [-0.2, 0) is 9.53 Å². The van der Waals surface area contributed by atoms with Crippen molar-refractivity contribution >= 4 is 11.9 Å². The zero-order valence-electron chi connectivity index (χ0n) is 10.7. The fourth-order valence-electron chi connectivity index (χ4n) is 1.57. The minimum atomic E-state index is -0.209.